The number of carbonyl (C=O) groups excluding carboxylic acids is 1. The number of hydrogen-bond acceptors (Lipinski definition) is 4. The second-order valence-corrected chi connectivity index (χ2v) is 7.50. The molecular weight excluding hydrogens is 323 g/mol. The van der Waals surface area contributed by atoms with Crippen LogP contribution in [0.15, 0.2) is 24.3 Å². The zero-order valence-corrected chi connectivity index (χ0v) is 14.3. The van der Waals surface area contributed by atoms with Crippen molar-refractivity contribution in [1.82, 2.24) is 9.80 Å². The fourth-order valence-electron chi connectivity index (χ4n) is 4.68. The van der Waals surface area contributed by atoms with Crippen LogP contribution in [0.2, 0.25) is 0 Å². The molecule has 2 heterocycles. The first-order valence-electron chi connectivity index (χ1n) is 9.16. The number of carbonyl (C=O) groups is 1. The molecule has 1 amide bonds. The zero-order valence-electron chi connectivity index (χ0n) is 14.3. The Morgan fingerprint density at radius 1 is 1.16 bits per heavy atom. The minimum Gasteiger partial charge on any atom is -0.391 e. The fourth-order valence-corrected chi connectivity index (χ4v) is 4.68. The maximum absolute atomic E-state index is 13.4. The number of amides is 1. The Labute approximate surface area is 147 Å². The maximum atomic E-state index is 13.4. The lowest BCUT2D eigenvalue weighted by Gasteiger charge is -2.43. The Morgan fingerprint density at radius 3 is 2.60 bits per heavy atom. The first-order valence-corrected chi connectivity index (χ1v) is 9.16. The molecule has 0 radical (unpaired) electrons. The second-order valence-electron chi connectivity index (χ2n) is 7.50. The summed E-state index contributed by atoms with van der Waals surface area (Å²) in [6.45, 7) is 4.54. The molecule has 4 atom stereocenters. The number of likely N-dealkylation sites (tertiary alicyclic amines) is 1. The van der Waals surface area contributed by atoms with E-state index in [0.29, 0.717) is 30.5 Å². The monoisotopic (exact) mass is 348 g/mol. The summed E-state index contributed by atoms with van der Waals surface area (Å²) in [6.07, 6.45) is 1.31. The molecule has 0 bridgehead atoms. The van der Waals surface area contributed by atoms with E-state index in [0.717, 1.165) is 39.1 Å². The molecule has 4 rings (SSSR count). The van der Waals surface area contributed by atoms with E-state index < -0.39 is 0 Å². The van der Waals surface area contributed by atoms with Crippen LogP contribution in [0.3, 0.4) is 0 Å². The smallest absolute Gasteiger partial charge is 0.253 e. The van der Waals surface area contributed by atoms with Gasteiger partial charge in [-0.25, -0.2) is 4.39 Å². The average Bonchev–Trinajstić information content (AvgIpc) is 3.04. The number of hydrogen-bond donors (Lipinski definition) is 1. The predicted octanol–water partition coefficient (Wildman–Crippen LogP) is 1.37. The molecule has 0 spiro atoms. The topological polar surface area (TPSA) is 53.0 Å². The second kappa shape index (κ2) is 7.02. The summed E-state index contributed by atoms with van der Waals surface area (Å²) in [7, 11) is 0. The minimum atomic E-state index is -0.384. The van der Waals surface area contributed by atoms with Gasteiger partial charge in [-0.05, 0) is 42.9 Å². The van der Waals surface area contributed by atoms with E-state index in [1.54, 1.807) is 12.1 Å². The number of morpholine rings is 1. The van der Waals surface area contributed by atoms with E-state index in [2.05, 4.69) is 4.90 Å². The van der Waals surface area contributed by atoms with Gasteiger partial charge < -0.3 is 14.7 Å². The summed E-state index contributed by atoms with van der Waals surface area (Å²) in [5.41, 5.74) is 0.406. The third-order valence-corrected chi connectivity index (χ3v) is 5.98. The molecule has 6 heteroatoms. The third-order valence-electron chi connectivity index (χ3n) is 5.98. The molecule has 2 aliphatic heterocycles. The van der Waals surface area contributed by atoms with Crippen LogP contribution in [0.5, 0.6) is 0 Å². The maximum Gasteiger partial charge on any atom is 0.253 e. The molecule has 0 aromatic heterocycles. The number of aliphatic hydroxyl groups excluding tert-OH is 1. The molecule has 3 aliphatic rings. The highest BCUT2D eigenvalue weighted by Gasteiger charge is 2.44. The first-order chi connectivity index (χ1) is 12.1. The molecule has 1 aromatic rings. The average molecular weight is 348 g/mol. The van der Waals surface area contributed by atoms with Crippen LogP contribution in [-0.4, -0.2) is 72.4 Å². The normalized spacial score (nSPS) is 33.3. The lowest BCUT2D eigenvalue weighted by atomic mass is 9.77. The lowest BCUT2D eigenvalue weighted by Crippen LogP contribution is -2.53. The molecule has 136 valence electrons. The van der Waals surface area contributed by atoms with Crippen molar-refractivity contribution in [3.63, 3.8) is 0 Å². The Kier molecular flexibility index (Phi) is 4.75. The summed E-state index contributed by atoms with van der Waals surface area (Å²) in [6, 6.07) is 6.05. The van der Waals surface area contributed by atoms with E-state index in [9.17, 15) is 14.3 Å². The summed E-state index contributed by atoms with van der Waals surface area (Å²) < 4.78 is 18.8. The SMILES string of the molecule is O=C(c1cccc(F)c1)N1C[C@H]2C[C@@H](N3CCOCC3)[C@H](O)C[C@H]2C1. The molecular formula is C19H25FN2O3. The molecule has 1 aliphatic carbocycles. The van der Waals surface area contributed by atoms with Gasteiger partial charge in [0.05, 0.1) is 19.3 Å². The van der Waals surface area contributed by atoms with Gasteiger partial charge in [0, 0.05) is 37.8 Å². The van der Waals surface area contributed by atoms with Crippen molar-refractivity contribution < 1.29 is 19.0 Å². The molecule has 1 N–H and O–H groups in total. The van der Waals surface area contributed by atoms with Gasteiger partial charge in [0.2, 0.25) is 0 Å². The summed E-state index contributed by atoms with van der Waals surface area (Å²) >= 11 is 0. The highest BCUT2D eigenvalue weighted by molar-refractivity contribution is 5.94. The zero-order chi connectivity index (χ0) is 17.4. The van der Waals surface area contributed by atoms with Crippen molar-refractivity contribution in [3.8, 4) is 0 Å². The Hall–Kier alpha value is -1.50. The minimum absolute atomic E-state index is 0.105. The van der Waals surface area contributed by atoms with Crippen molar-refractivity contribution in [2.75, 3.05) is 39.4 Å². The van der Waals surface area contributed by atoms with Gasteiger partial charge in [0.15, 0.2) is 0 Å². The number of benzene rings is 1. The van der Waals surface area contributed by atoms with Crippen LogP contribution >= 0.6 is 0 Å². The molecule has 0 unspecified atom stereocenters. The summed E-state index contributed by atoms with van der Waals surface area (Å²) in [5.74, 6) is 0.259. The number of rotatable bonds is 2. The highest BCUT2D eigenvalue weighted by Crippen LogP contribution is 2.39. The van der Waals surface area contributed by atoms with Crippen molar-refractivity contribution >= 4 is 5.91 Å². The largest absolute Gasteiger partial charge is 0.391 e. The van der Waals surface area contributed by atoms with Crippen molar-refractivity contribution in [3.05, 3.63) is 35.6 Å². The van der Waals surface area contributed by atoms with Gasteiger partial charge in [-0.2, -0.15) is 0 Å². The molecule has 3 fully saturated rings. The van der Waals surface area contributed by atoms with E-state index in [1.165, 1.54) is 12.1 Å². The van der Waals surface area contributed by atoms with E-state index in [1.807, 2.05) is 4.90 Å². The van der Waals surface area contributed by atoms with Crippen molar-refractivity contribution in [2.24, 2.45) is 11.8 Å². The quantitative estimate of drug-likeness (QED) is 0.877. The van der Waals surface area contributed by atoms with Crippen molar-refractivity contribution in [2.45, 2.75) is 25.0 Å². The van der Waals surface area contributed by atoms with Crippen LogP contribution in [0.25, 0.3) is 0 Å². The summed E-state index contributed by atoms with van der Waals surface area (Å²) in [4.78, 5) is 16.8. The number of aliphatic hydroxyl groups is 1. The molecule has 1 aromatic carbocycles. The van der Waals surface area contributed by atoms with Crippen molar-refractivity contribution in [1.29, 1.82) is 0 Å². The van der Waals surface area contributed by atoms with Crippen LogP contribution in [-0.2, 0) is 4.74 Å². The number of ether oxygens (including phenoxy) is 1. The van der Waals surface area contributed by atoms with E-state index in [-0.39, 0.29) is 23.9 Å². The Balaban J connectivity index is 1.43. The summed E-state index contributed by atoms with van der Waals surface area (Å²) in [5, 5.41) is 10.6. The number of fused-ring (bicyclic) bond motifs is 1. The molecule has 1 saturated carbocycles. The van der Waals surface area contributed by atoms with E-state index in [4.69, 9.17) is 4.74 Å². The Morgan fingerprint density at radius 2 is 1.88 bits per heavy atom. The standard InChI is InChI=1S/C19H25FN2O3/c20-16-3-1-2-13(8-16)19(24)22-11-14-9-17(18(23)10-15(14)12-22)21-4-6-25-7-5-21/h1-3,8,14-15,17-18,23H,4-7,9-12H2/t14-,15+,17-,18-/m1/s1. The van der Waals surface area contributed by atoms with Crippen LogP contribution in [0.4, 0.5) is 4.39 Å². The molecule has 5 nitrogen and oxygen atoms in total. The lowest BCUT2D eigenvalue weighted by molar-refractivity contribution is -0.0520. The molecule has 2 saturated heterocycles. The van der Waals surface area contributed by atoms with E-state index >= 15 is 0 Å². The van der Waals surface area contributed by atoms with Crippen LogP contribution in [0, 0.1) is 17.7 Å². The van der Waals surface area contributed by atoms with Gasteiger partial charge in [-0.3, -0.25) is 9.69 Å². The van der Waals surface area contributed by atoms with Gasteiger partial charge in [0.1, 0.15) is 5.82 Å². The van der Waals surface area contributed by atoms with Crippen LogP contribution in [0.1, 0.15) is 23.2 Å². The first kappa shape index (κ1) is 16.9. The van der Waals surface area contributed by atoms with Gasteiger partial charge in [0.25, 0.3) is 5.91 Å². The highest BCUT2D eigenvalue weighted by atomic mass is 19.1. The number of halogens is 1. The third kappa shape index (κ3) is 3.43. The van der Waals surface area contributed by atoms with Gasteiger partial charge >= 0.3 is 0 Å². The fraction of sp³-hybridized carbons (Fsp3) is 0.632. The van der Waals surface area contributed by atoms with Gasteiger partial charge in [-0.1, -0.05) is 6.07 Å². The van der Waals surface area contributed by atoms with Crippen LogP contribution < -0.4 is 0 Å². The molecule has 25 heavy (non-hydrogen) atoms. The Bertz CT molecular complexity index is 635. The predicted molar refractivity (Wildman–Crippen MR) is 90.7 cm³/mol. The number of nitrogens with zero attached hydrogens (tertiary/aromatic N) is 2. The van der Waals surface area contributed by atoms with Gasteiger partial charge in [-0.15, -0.1) is 0 Å².